The summed E-state index contributed by atoms with van der Waals surface area (Å²) in [6.07, 6.45) is -3.71. The summed E-state index contributed by atoms with van der Waals surface area (Å²) in [5.41, 5.74) is -1.60. The van der Waals surface area contributed by atoms with Crippen LogP contribution in [-0.2, 0) is 6.18 Å². The number of allylic oxidation sites excluding steroid dienone is 1. The van der Waals surface area contributed by atoms with Crippen LogP contribution in [0.1, 0.15) is 5.56 Å². The number of halogens is 3. The molecule has 0 unspecified atom stereocenters. The molecular formula is C17H10F3N3O. The van der Waals surface area contributed by atoms with Gasteiger partial charge in [-0.2, -0.15) is 23.7 Å². The van der Waals surface area contributed by atoms with E-state index in [1.807, 2.05) is 0 Å². The molecule has 0 amide bonds. The summed E-state index contributed by atoms with van der Waals surface area (Å²) in [6.45, 7) is 0. The quantitative estimate of drug-likeness (QED) is 0.815. The molecule has 1 N–H and O–H groups in total. The summed E-state index contributed by atoms with van der Waals surface area (Å²) >= 11 is 0. The summed E-state index contributed by atoms with van der Waals surface area (Å²) in [6, 6.07) is 14.9. The maximum absolute atomic E-state index is 13.2. The summed E-state index contributed by atoms with van der Waals surface area (Å²) in [4.78, 5) is 0. The third kappa shape index (κ3) is 4.28. The van der Waals surface area contributed by atoms with Crippen molar-refractivity contribution < 1.29 is 17.9 Å². The molecular weight excluding hydrogens is 319 g/mol. The van der Waals surface area contributed by atoms with Crippen LogP contribution in [0.3, 0.4) is 0 Å². The van der Waals surface area contributed by atoms with E-state index in [0.29, 0.717) is 5.75 Å². The van der Waals surface area contributed by atoms with Gasteiger partial charge < -0.3 is 10.1 Å². The molecule has 2 rings (SSSR count). The fourth-order valence-electron chi connectivity index (χ4n) is 1.81. The van der Waals surface area contributed by atoms with Crippen LogP contribution in [0.15, 0.2) is 60.3 Å². The Morgan fingerprint density at radius 2 is 1.67 bits per heavy atom. The van der Waals surface area contributed by atoms with Gasteiger partial charge in [0.1, 0.15) is 29.2 Å². The Labute approximate surface area is 136 Å². The average Bonchev–Trinajstić information content (AvgIpc) is 2.57. The van der Waals surface area contributed by atoms with Crippen LogP contribution in [0, 0.1) is 22.7 Å². The zero-order valence-electron chi connectivity index (χ0n) is 12.1. The second-order valence-corrected chi connectivity index (χ2v) is 4.55. The SMILES string of the molecule is N#CC(C#N)=CNc1ccc(Oc2ccccc2)cc1C(F)(F)F. The van der Waals surface area contributed by atoms with Gasteiger partial charge in [-0.15, -0.1) is 0 Å². The number of alkyl halides is 3. The highest BCUT2D eigenvalue weighted by molar-refractivity contribution is 5.59. The molecule has 0 bridgehead atoms. The van der Waals surface area contributed by atoms with Gasteiger partial charge in [-0.25, -0.2) is 0 Å². The Kier molecular flexibility index (Phi) is 5.08. The van der Waals surface area contributed by atoms with Crippen LogP contribution in [0.25, 0.3) is 0 Å². The van der Waals surface area contributed by atoms with E-state index in [-0.39, 0.29) is 17.0 Å². The minimum absolute atomic E-state index is 0.0174. The van der Waals surface area contributed by atoms with E-state index in [0.717, 1.165) is 12.3 Å². The average molecular weight is 329 g/mol. The van der Waals surface area contributed by atoms with Gasteiger partial charge in [-0.1, -0.05) is 18.2 Å². The van der Waals surface area contributed by atoms with Gasteiger partial charge in [0.2, 0.25) is 0 Å². The standard InChI is InChI=1S/C17H10F3N3O/c18-17(19,20)15-8-14(24-13-4-2-1-3-5-13)6-7-16(15)23-11-12(9-21)10-22/h1-8,11,23H. The Morgan fingerprint density at radius 3 is 2.25 bits per heavy atom. The molecule has 2 aromatic carbocycles. The normalized spacial score (nSPS) is 10.2. The van der Waals surface area contributed by atoms with Crippen molar-refractivity contribution in [3.63, 3.8) is 0 Å². The summed E-state index contributed by atoms with van der Waals surface area (Å²) < 4.78 is 45.0. The first-order valence-corrected chi connectivity index (χ1v) is 6.65. The van der Waals surface area contributed by atoms with Gasteiger partial charge in [-0.05, 0) is 30.3 Å². The lowest BCUT2D eigenvalue weighted by Gasteiger charge is -2.15. The monoisotopic (exact) mass is 329 g/mol. The van der Waals surface area contributed by atoms with Crippen molar-refractivity contribution in [2.45, 2.75) is 6.18 Å². The van der Waals surface area contributed by atoms with E-state index >= 15 is 0 Å². The maximum Gasteiger partial charge on any atom is 0.418 e. The smallest absolute Gasteiger partial charge is 0.418 e. The number of anilines is 1. The topological polar surface area (TPSA) is 68.8 Å². The van der Waals surface area contributed by atoms with Crippen molar-refractivity contribution in [1.82, 2.24) is 0 Å². The number of rotatable bonds is 4. The Hall–Kier alpha value is -3.45. The molecule has 0 saturated heterocycles. The van der Waals surface area contributed by atoms with Crippen LogP contribution >= 0.6 is 0 Å². The highest BCUT2D eigenvalue weighted by Gasteiger charge is 2.34. The zero-order chi connectivity index (χ0) is 17.6. The highest BCUT2D eigenvalue weighted by atomic mass is 19.4. The largest absolute Gasteiger partial charge is 0.457 e. The van der Waals surface area contributed by atoms with Gasteiger partial charge >= 0.3 is 6.18 Å². The number of nitrogens with zero attached hydrogens (tertiary/aromatic N) is 2. The van der Waals surface area contributed by atoms with Gasteiger partial charge in [0.25, 0.3) is 0 Å². The first-order chi connectivity index (χ1) is 11.4. The molecule has 0 aliphatic rings. The summed E-state index contributed by atoms with van der Waals surface area (Å²) in [5, 5.41) is 19.6. The van der Waals surface area contributed by atoms with Crippen LogP contribution in [-0.4, -0.2) is 0 Å². The minimum atomic E-state index is -4.63. The molecule has 0 aliphatic heterocycles. The highest BCUT2D eigenvalue weighted by Crippen LogP contribution is 2.38. The van der Waals surface area contributed by atoms with Crippen molar-refractivity contribution in [2.75, 3.05) is 5.32 Å². The molecule has 2 aromatic rings. The van der Waals surface area contributed by atoms with Crippen molar-refractivity contribution in [2.24, 2.45) is 0 Å². The van der Waals surface area contributed by atoms with Crippen LogP contribution in [0.5, 0.6) is 11.5 Å². The van der Waals surface area contributed by atoms with E-state index in [2.05, 4.69) is 5.32 Å². The molecule has 0 spiro atoms. The van der Waals surface area contributed by atoms with E-state index in [9.17, 15) is 13.2 Å². The third-order valence-electron chi connectivity index (χ3n) is 2.89. The van der Waals surface area contributed by atoms with Crippen LogP contribution < -0.4 is 10.1 Å². The van der Waals surface area contributed by atoms with Gasteiger partial charge in [0, 0.05) is 6.20 Å². The Balaban J connectivity index is 2.35. The molecule has 120 valence electrons. The van der Waals surface area contributed by atoms with Gasteiger partial charge in [0.05, 0.1) is 11.3 Å². The molecule has 4 nitrogen and oxygen atoms in total. The van der Waals surface area contributed by atoms with Crippen molar-refractivity contribution in [1.29, 1.82) is 10.5 Å². The predicted molar refractivity (Wildman–Crippen MR) is 80.9 cm³/mol. The third-order valence-corrected chi connectivity index (χ3v) is 2.89. The van der Waals surface area contributed by atoms with E-state index < -0.39 is 11.7 Å². The molecule has 0 atom stereocenters. The number of nitrogens with one attached hydrogen (secondary N) is 1. The van der Waals surface area contributed by atoms with E-state index in [4.69, 9.17) is 15.3 Å². The summed E-state index contributed by atoms with van der Waals surface area (Å²) in [7, 11) is 0. The molecule has 0 radical (unpaired) electrons. The van der Waals surface area contributed by atoms with Crippen molar-refractivity contribution >= 4 is 5.69 Å². The van der Waals surface area contributed by atoms with Crippen molar-refractivity contribution in [3.8, 4) is 23.6 Å². The number of benzene rings is 2. The predicted octanol–water partition coefficient (Wildman–Crippen LogP) is 4.84. The minimum Gasteiger partial charge on any atom is -0.457 e. The molecule has 0 saturated carbocycles. The lowest BCUT2D eigenvalue weighted by molar-refractivity contribution is -0.137. The number of hydrogen-bond donors (Lipinski definition) is 1. The van der Waals surface area contributed by atoms with Crippen LogP contribution in [0.2, 0.25) is 0 Å². The first kappa shape index (κ1) is 16.9. The fourth-order valence-corrected chi connectivity index (χ4v) is 1.81. The zero-order valence-corrected chi connectivity index (χ0v) is 12.1. The number of ether oxygens (including phenoxy) is 1. The maximum atomic E-state index is 13.2. The lowest BCUT2D eigenvalue weighted by atomic mass is 10.1. The molecule has 0 aromatic heterocycles. The second-order valence-electron chi connectivity index (χ2n) is 4.55. The first-order valence-electron chi connectivity index (χ1n) is 6.65. The van der Waals surface area contributed by atoms with Gasteiger partial charge in [-0.3, -0.25) is 0 Å². The van der Waals surface area contributed by atoms with E-state index in [1.165, 1.54) is 12.1 Å². The fraction of sp³-hybridized carbons (Fsp3) is 0.0588. The molecule has 0 heterocycles. The summed E-state index contributed by atoms with van der Waals surface area (Å²) in [5.74, 6) is 0.423. The van der Waals surface area contributed by atoms with E-state index in [1.54, 1.807) is 42.5 Å². The van der Waals surface area contributed by atoms with Gasteiger partial charge in [0.15, 0.2) is 0 Å². The number of nitriles is 2. The van der Waals surface area contributed by atoms with Crippen molar-refractivity contribution in [3.05, 3.63) is 65.9 Å². The Morgan fingerprint density at radius 1 is 1.00 bits per heavy atom. The van der Waals surface area contributed by atoms with Crippen LogP contribution in [0.4, 0.5) is 18.9 Å². The lowest BCUT2D eigenvalue weighted by Crippen LogP contribution is -2.09. The molecule has 7 heteroatoms. The number of para-hydroxylation sites is 1. The molecule has 0 fully saturated rings. The number of hydrogen-bond acceptors (Lipinski definition) is 4. The molecule has 24 heavy (non-hydrogen) atoms. The second kappa shape index (κ2) is 7.21. The molecule has 0 aliphatic carbocycles. The Bertz CT molecular complexity index is 815.